The fraction of sp³-hybridized carbons (Fsp3) is 0.612. The molecule has 5 aromatic heterocycles. The standard InChI is InChI=1S/C13H20N2OS.C13H19NOS.C12H18N2OS.C11H12N2OS/c1-14-4-6-15(7-5-14)10-12-11-3-9-17-13(11)2-8-16-12;1-2-6-14(7-3-1)10-12-11-5-9-16-13(11)4-8-15-12;1-7-15-11(10-2-8-16-12(1)10)9-14-5-3-13-4-6-14;1-5-14-10(7-13-4-3-12-8-13)9-2-6-15-11(1)9/h3,9,12H,2,4-8,10H2,1H3;5,9,12H,1-4,6-8,10H2;2,8,11,13H,1,3-7,9H2;2-4,6,8,10H,1,5,7H2/t;12-;;/m.1../s1. The van der Waals surface area contributed by atoms with Crippen molar-refractivity contribution in [3.63, 3.8) is 0 Å². The van der Waals surface area contributed by atoms with Crippen LogP contribution in [0.3, 0.4) is 0 Å². The average Bonchev–Trinajstić information content (AvgIpc) is 4.20. The Morgan fingerprint density at radius 3 is 1.34 bits per heavy atom. The van der Waals surface area contributed by atoms with E-state index < -0.39 is 0 Å². The number of hydrogen-bond acceptors (Lipinski definition) is 14. The second-order valence-electron chi connectivity index (χ2n) is 17.9. The van der Waals surface area contributed by atoms with Crippen LogP contribution in [0, 0.1) is 0 Å². The predicted molar refractivity (Wildman–Crippen MR) is 263 cm³/mol. The maximum atomic E-state index is 5.94. The van der Waals surface area contributed by atoms with Crippen LogP contribution in [0.2, 0.25) is 0 Å². The molecule has 11 nitrogen and oxygen atoms in total. The van der Waals surface area contributed by atoms with E-state index in [4.69, 9.17) is 18.9 Å². The summed E-state index contributed by atoms with van der Waals surface area (Å²) in [6.45, 7) is 19.4. The van der Waals surface area contributed by atoms with Gasteiger partial charge in [-0.1, -0.05) is 6.42 Å². The summed E-state index contributed by atoms with van der Waals surface area (Å²) in [5.74, 6) is 0. The molecule has 7 aliphatic rings. The van der Waals surface area contributed by atoms with Gasteiger partial charge in [0.1, 0.15) is 6.10 Å². The minimum absolute atomic E-state index is 0.203. The number of aromatic nitrogens is 2. The van der Waals surface area contributed by atoms with Crippen molar-refractivity contribution >= 4 is 45.3 Å². The third kappa shape index (κ3) is 12.8. The molecule has 7 aliphatic heterocycles. The molecule has 348 valence electrons. The zero-order valence-electron chi connectivity index (χ0n) is 37.8. The molecule has 12 heterocycles. The average molecular weight is 948 g/mol. The summed E-state index contributed by atoms with van der Waals surface area (Å²) < 4.78 is 25.6. The summed E-state index contributed by atoms with van der Waals surface area (Å²) in [7, 11) is 2.20. The van der Waals surface area contributed by atoms with Gasteiger partial charge in [0, 0.05) is 130 Å². The second kappa shape index (κ2) is 24.1. The molecule has 12 rings (SSSR count). The number of piperazine rings is 2. The molecule has 0 saturated carbocycles. The quantitative estimate of drug-likeness (QED) is 0.166. The molecular weight excluding hydrogens is 879 g/mol. The number of ether oxygens (including phenoxy) is 4. The van der Waals surface area contributed by atoms with E-state index in [1.54, 1.807) is 11.1 Å². The molecule has 3 fully saturated rings. The highest BCUT2D eigenvalue weighted by Gasteiger charge is 2.28. The Balaban J connectivity index is 0.000000108. The zero-order chi connectivity index (χ0) is 43.3. The highest BCUT2D eigenvalue weighted by atomic mass is 32.1. The predicted octanol–water partition coefficient (Wildman–Crippen LogP) is 7.98. The van der Waals surface area contributed by atoms with Crippen LogP contribution in [0.15, 0.2) is 64.5 Å². The maximum Gasteiger partial charge on any atom is 0.101 e. The Morgan fingerprint density at radius 1 is 0.516 bits per heavy atom. The molecule has 0 spiro atoms. The highest BCUT2D eigenvalue weighted by Crippen LogP contribution is 2.35. The minimum Gasteiger partial charge on any atom is -0.372 e. The van der Waals surface area contributed by atoms with E-state index in [1.807, 2.05) is 57.9 Å². The van der Waals surface area contributed by atoms with Gasteiger partial charge in [0.15, 0.2) is 0 Å². The largest absolute Gasteiger partial charge is 0.372 e. The lowest BCUT2D eigenvalue weighted by atomic mass is 10.0. The van der Waals surface area contributed by atoms with Gasteiger partial charge >= 0.3 is 0 Å². The van der Waals surface area contributed by atoms with Crippen LogP contribution in [-0.4, -0.2) is 148 Å². The van der Waals surface area contributed by atoms with Crippen LogP contribution in [-0.2, 0) is 51.2 Å². The van der Waals surface area contributed by atoms with E-state index in [2.05, 4.69) is 87.3 Å². The summed E-state index contributed by atoms with van der Waals surface area (Å²) in [6.07, 6.45) is 15.3. The van der Waals surface area contributed by atoms with Gasteiger partial charge in [0.05, 0.1) is 57.6 Å². The van der Waals surface area contributed by atoms with Crippen LogP contribution in [0.1, 0.15) is 85.4 Å². The molecule has 0 bridgehead atoms. The van der Waals surface area contributed by atoms with E-state index in [0.717, 1.165) is 104 Å². The molecule has 3 saturated heterocycles. The van der Waals surface area contributed by atoms with Crippen LogP contribution < -0.4 is 5.32 Å². The van der Waals surface area contributed by atoms with Crippen molar-refractivity contribution in [2.75, 3.05) is 119 Å². The number of nitrogens with one attached hydrogen (secondary N) is 1. The van der Waals surface area contributed by atoms with Crippen molar-refractivity contribution in [1.82, 2.24) is 34.5 Å². The Hall–Kier alpha value is -2.35. The molecule has 0 amide bonds. The smallest absolute Gasteiger partial charge is 0.101 e. The third-order valence-electron chi connectivity index (χ3n) is 13.6. The summed E-state index contributed by atoms with van der Waals surface area (Å²) in [5.41, 5.74) is 5.71. The van der Waals surface area contributed by atoms with Crippen molar-refractivity contribution in [3.05, 3.63) is 106 Å². The number of likely N-dealkylation sites (tertiary alicyclic amines) is 1. The number of rotatable bonds is 8. The fourth-order valence-corrected chi connectivity index (χ4v) is 13.5. The first-order valence-corrected chi connectivity index (χ1v) is 27.4. The van der Waals surface area contributed by atoms with Crippen LogP contribution in [0.4, 0.5) is 0 Å². The van der Waals surface area contributed by atoms with E-state index >= 15 is 0 Å². The Bertz CT molecular complexity index is 2010. The first-order valence-electron chi connectivity index (χ1n) is 23.9. The van der Waals surface area contributed by atoms with Gasteiger partial charge in [-0.15, -0.1) is 45.3 Å². The Labute approximate surface area is 397 Å². The lowest BCUT2D eigenvalue weighted by Crippen LogP contribution is -2.46. The number of nitrogens with zero attached hydrogens (tertiary/aromatic N) is 6. The Morgan fingerprint density at radius 2 is 0.922 bits per heavy atom. The molecule has 0 radical (unpaired) electrons. The van der Waals surface area contributed by atoms with Gasteiger partial charge in [0.25, 0.3) is 0 Å². The normalized spacial score (nSPS) is 25.2. The third-order valence-corrected chi connectivity index (χ3v) is 17.5. The summed E-state index contributed by atoms with van der Waals surface area (Å²) in [4.78, 5) is 20.2. The fourth-order valence-electron chi connectivity index (χ4n) is 9.86. The molecule has 1 N–H and O–H groups in total. The molecule has 0 aliphatic carbocycles. The number of imidazole rings is 1. The molecule has 3 unspecified atom stereocenters. The first-order chi connectivity index (χ1) is 31.6. The number of hydrogen-bond donors (Lipinski definition) is 1. The molecule has 5 aromatic rings. The van der Waals surface area contributed by atoms with Gasteiger partial charge in [0.2, 0.25) is 0 Å². The topological polar surface area (TPSA) is 79.7 Å². The zero-order valence-corrected chi connectivity index (χ0v) is 41.1. The summed E-state index contributed by atoms with van der Waals surface area (Å²) in [5, 5.41) is 12.2. The maximum absolute atomic E-state index is 5.94. The highest BCUT2D eigenvalue weighted by molar-refractivity contribution is 7.10. The van der Waals surface area contributed by atoms with Crippen LogP contribution >= 0.6 is 45.3 Å². The summed E-state index contributed by atoms with van der Waals surface area (Å²) in [6, 6.07) is 8.93. The van der Waals surface area contributed by atoms with Gasteiger partial charge in [-0.2, -0.15) is 0 Å². The summed E-state index contributed by atoms with van der Waals surface area (Å²) >= 11 is 7.49. The molecule has 64 heavy (non-hydrogen) atoms. The lowest BCUT2D eigenvalue weighted by Gasteiger charge is -2.35. The van der Waals surface area contributed by atoms with Crippen molar-refractivity contribution < 1.29 is 18.9 Å². The molecule has 0 aromatic carbocycles. The van der Waals surface area contributed by atoms with Crippen molar-refractivity contribution in [1.29, 1.82) is 0 Å². The monoisotopic (exact) mass is 947 g/mol. The number of fused-ring (bicyclic) bond motifs is 4. The van der Waals surface area contributed by atoms with E-state index in [0.29, 0.717) is 18.3 Å². The molecular formula is C49H69N7O4S4. The lowest BCUT2D eigenvalue weighted by molar-refractivity contribution is 0.00754. The number of piperidine rings is 1. The number of likely N-dealkylation sites (N-methyl/N-ethyl adjacent to an activating group) is 1. The van der Waals surface area contributed by atoms with Gasteiger partial charge < -0.3 is 38.6 Å². The van der Waals surface area contributed by atoms with Crippen LogP contribution in [0.5, 0.6) is 0 Å². The number of thiophene rings is 4. The van der Waals surface area contributed by atoms with Gasteiger partial charge in [-0.05, 0) is 101 Å². The van der Waals surface area contributed by atoms with Crippen LogP contribution in [0.25, 0.3) is 0 Å². The molecule has 15 heteroatoms. The molecule has 4 atom stereocenters. The van der Waals surface area contributed by atoms with E-state index in [-0.39, 0.29) is 6.10 Å². The van der Waals surface area contributed by atoms with Crippen molar-refractivity contribution in [2.45, 2.75) is 75.9 Å². The van der Waals surface area contributed by atoms with E-state index in [9.17, 15) is 0 Å². The van der Waals surface area contributed by atoms with Crippen molar-refractivity contribution in [3.8, 4) is 0 Å². The first kappa shape index (κ1) is 46.7. The minimum atomic E-state index is 0.203. The van der Waals surface area contributed by atoms with Gasteiger partial charge in [-0.25, -0.2) is 4.98 Å². The second-order valence-corrected chi connectivity index (χ2v) is 21.9. The SMILES string of the molecule is CN1CCN(CC2OCCc3sccc32)CC1.c1cc2c(s1)CCOC2CN1CCNCC1.c1cc2c(s1)CCO[C@@H]2CN1CCCCC1.c1cn(CC2OCCc3sccc32)cn1. The van der Waals surface area contributed by atoms with E-state index in [1.165, 1.54) is 95.4 Å². The van der Waals surface area contributed by atoms with Crippen molar-refractivity contribution in [2.24, 2.45) is 0 Å². The Kier molecular flexibility index (Phi) is 17.6. The van der Waals surface area contributed by atoms with Gasteiger partial charge in [-0.3, -0.25) is 9.80 Å².